The van der Waals surface area contributed by atoms with Crippen molar-refractivity contribution in [2.45, 2.75) is 111 Å². The number of aromatic amines is 2. The molecule has 0 saturated heterocycles. The molecule has 0 amide bonds. The minimum Gasteiger partial charge on any atom is -0.507 e. The molecular weight excluding hydrogens is 1280 g/mol. The van der Waals surface area contributed by atoms with E-state index in [0.29, 0.717) is 62.4 Å². The zero-order valence-electron chi connectivity index (χ0n) is 53.5. The lowest BCUT2D eigenvalue weighted by Gasteiger charge is -2.16. The minimum atomic E-state index is -4.38. The normalized spacial score (nSPS) is 11.4. The summed E-state index contributed by atoms with van der Waals surface area (Å²) in [5.41, 5.74) is 3.06. The van der Waals surface area contributed by atoms with Crippen molar-refractivity contribution < 1.29 is 41.7 Å². The predicted octanol–water partition coefficient (Wildman–Crippen LogP) is 7.51. The van der Waals surface area contributed by atoms with Gasteiger partial charge in [-0.25, -0.2) is 57.4 Å². The van der Waals surface area contributed by atoms with E-state index in [2.05, 4.69) is 30.1 Å². The van der Waals surface area contributed by atoms with Gasteiger partial charge in [0.25, 0.3) is 42.3 Å². The van der Waals surface area contributed by atoms with E-state index >= 15 is 0 Å². The molecule has 0 unspecified atom stereocenters. The highest BCUT2D eigenvalue weighted by Crippen LogP contribution is 2.29. The van der Waals surface area contributed by atoms with Gasteiger partial charge in [-0.3, -0.25) is 29.4 Å². The van der Waals surface area contributed by atoms with Crippen molar-refractivity contribution >= 4 is 49.5 Å². The number of aryl methyl sites for hydroxylation is 3. The average molecular weight is 1350 g/mol. The van der Waals surface area contributed by atoms with Crippen LogP contribution in [0.25, 0.3) is 34.2 Å². The van der Waals surface area contributed by atoms with Crippen LogP contribution < -0.4 is 37.6 Å². The molecule has 95 heavy (non-hydrogen) atoms. The first kappa shape index (κ1) is 69.8. The number of sulfonamides is 2. The third-order valence-corrected chi connectivity index (χ3v) is 17.3. The molecule has 0 radical (unpaired) electrons. The Labute approximate surface area is 547 Å². The topological polar surface area (TPSA) is 376 Å². The van der Waals surface area contributed by atoms with Gasteiger partial charge in [0.15, 0.2) is 16.1 Å². The molecule has 0 aliphatic rings. The zero-order valence-corrected chi connectivity index (χ0v) is 55.9. The second kappa shape index (κ2) is 28.4. The maximum Gasteiger partial charge on any atom is 0.373 e. The average Bonchev–Trinajstić information content (AvgIpc) is 1.75. The van der Waals surface area contributed by atoms with E-state index < -0.39 is 54.3 Å². The fourth-order valence-corrected chi connectivity index (χ4v) is 11.7. The first-order chi connectivity index (χ1) is 44.7. The molecule has 8 heterocycles. The smallest absolute Gasteiger partial charge is 0.373 e. The van der Waals surface area contributed by atoms with Crippen molar-refractivity contribution in [1.82, 2.24) is 57.7 Å². The van der Waals surface area contributed by atoms with E-state index in [0.717, 1.165) is 18.1 Å². The van der Waals surface area contributed by atoms with Crippen molar-refractivity contribution in [3.8, 4) is 40.4 Å². The van der Waals surface area contributed by atoms with Crippen LogP contribution in [0.4, 0.5) is 0 Å². The zero-order chi connectivity index (χ0) is 69.7. The van der Waals surface area contributed by atoms with Gasteiger partial charge >= 0.3 is 11.7 Å². The molecule has 0 bridgehead atoms. The summed E-state index contributed by atoms with van der Waals surface area (Å²) >= 11 is 5.38. The lowest BCUT2D eigenvalue weighted by molar-refractivity contribution is 0.0378. The van der Waals surface area contributed by atoms with E-state index in [9.17, 15) is 60.9 Å². The number of nitrogens with one attached hydrogen (secondary N) is 4. The highest BCUT2D eigenvalue weighted by atomic mass is 32.2. The monoisotopic (exact) mass is 1350 g/mol. The molecular formula is C64H68N14O14S3. The van der Waals surface area contributed by atoms with E-state index in [4.69, 9.17) is 17.0 Å². The SMILES string of the molecule is Cc1c(C(C)C)nc2c(C(=O)OC(C)C)c(C(C)C)[nH]n2c1=O.Cc1c(O)n(-c2ccccn2)c(=S)n(-c2ccccn2)c1=O.Cc1cc(=O)n2[nH]c(-c3ccccc3O)cc2n1.Cc1ccc(S(=O)(=O)Nn2c(O)c(C)c(=O)n(NS(=O)(=O)c3ccc(C)cc3)c2=O)cc1. The van der Waals surface area contributed by atoms with Crippen LogP contribution in [0.1, 0.15) is 109 Å². The molecule has 496 valence electrons. The Kier molecular flexibility index (Phi) is 20.9. The van der Waals surface area contributed by atoms with E-state index in [1.54, 1.807) is 115 Å². The Morgan fingerprint density at radius 1 is 0.579 bits per heavy atom. The quantitative estimate of drug-likeness (QED) is 0.0433. The van der Waals surface area contributed by atoms with Gasteiger partial charge < -0.3 is 20.1 Å². The molecule has 0 aliphatic heterocycles. The van der Waals surface area contributed by atoms with Gasteiger partial charge in [0.2, 0.25) is 11.8 Å². The molecule has 0 aliphatic carbocycles. The largest absolute Gasteiger partial charge is 0.507 e. The van der Waals surface area contributed by atoms with Crippen molar-refractivity contribution in [2.75, 3.05) is 9.66 Å². The van der Waals surface area contributed by atoms with Crippen LogP contribution in [0, 0.1) is 46.3 Å². The van der Waals surface area contributed by atoms with Gasteiger partial charge in [-0.05, 0) is 140 Å². The molecule has 8 aromatic heterocycles. The Balaban J connectivity index is 0.000000166. The summed E-state index contributed by atoms with van der Waals surface area (Å²) in [7, 11) is -8.74. The summed E-state index contributed by atoms with van der Waals surface area (Å²) in [6.45, 7) is 21.1. The number of ether oxygens (including phenoxy) is 1. The lowest BCUT2D eigenvalue weighted by atomic mass is 10.0. The number of phenols is 1. The number of rotatable bonds is 13. The molecule has 0 spiro atoms. The van der Waals surface area contributed by atoms with Gasteiger partial charge in [0.1, 0.15) is 22.9 Å². The number of nitrogens with zero attached hydrogens (tertiary/aromatic N) is 10. The molecule has 0 fully saturated rings. The maximum atomic E-state index is 12.8. The minimum absolute atomic E-state index is 0.0358. The number of H-pyrrole nitrogens is 2. The third kappa shape index (κ3) is 15.1. The fourth-order valence-electron chi connectivity index (χ4n) is 9.33. The fraction of sp³-hybridized carbons (Fsp3) is 0.234. The van der Waals surface area contributed by atoms with Crippen molar-refractivity contribution in [3.05, 3.63) is 241 Å². The number of aromatic hydroxyl groups is 3. The molecule has 0 saturated carbocycles. The summed E-state index contributed by atoms with van der Waals surface area (Å²) in [6.07, 6.45) is 2.92. The number of carbonyl (C=O) groups excluding carboxylic acids is 1. The summed E-state index contributed by atoms with van der Waals surface area (Å²) in [5, 5.41) is 36.3. The van der Waals surface area contributed by atoms with Crippen LogP contribution >= 0.6 is 12.2 Å². The van der Waals surface area contributed by atoms with Gasteiger partial charge in [-0.15, -0.1) is 0 Å². The van der Waals surface area contributed by atoms with Crippen molar-refractivity contribution in [1.29, 1.82) is 0 Å². The number of benzene rings is 3. The third-order valence-electron chi connectivity index (χ3n) is 14.3. The highest BCUT2D eigenvalue weighted by Gasteiger charge is 2.28. The Bertz CT molecular complexity index is 5330. The molecule has 0 atom stereocenters. The first-order valence-corrected chi connectivity index (χ1v) is 32.5. The number of hydrogen-bond acceptors (Lipinski definition) is 19. The number of phenolic OH excluding ortho intramolecular Hbond substituents is 1. The summed E-state index contributed by atoms with van der Waals surface area (Å²) in [6, 6.07) is 31.8. The van der Waals surface area contributed by atoms with Gasteiger partial charge in [-0.2, -0.15) is 26.2 Å². The van der Waals surface area contributed by atoms with Crippen LogP contribution in [-0.4, -0.2) is 102 Å². The van der Waals surface area contributed by atoms with E-state index in [1.807, 2.05) is 43.4 Å². The molecule has 28 nitrogen and oxygen atoms in total. The van der Waals surface area contributed by atoms with Gasteiger partial charge in [-0.1, -0.05) is 87.4 Å². The standard InChI is InChI=1S/C19H20N4O7S2.C17H25N3O3.C15H12N4O2S.C13H11N3O2/c1-12-4-8-15(9-5-12)31(27,28)20-22-17(24)14(3)18(25)23(19(22)26)21-32(29,30)16-10-6-13(2)7-11-16;1-8(2)13-11(7)16(21)20-15(18-13)12(14(19-20)9(3)4)17(22)23-10(5)6;1-10-13(20)18(11-6-2-4-8-16-11)15(22)19(14(10)21)12-7-3-5-9-17-12;1-8-6-13(18)16-12(14-8)7-10(15-16)9-4-2-3-5-11(9)17/h4-11,20-21,24H,1-3H3;8-10,19H,1-7H3;2-9,20H,1H3;2-7,15,17H,1H3. The maximum absolute atomic E-state index is 12.8. The second-order valence-corrected chi connectivity index (χ2v) is 26.2. The number of aromatic nitrogens is 12. The van der Waals surface area contributed by atoms with Crippen LogP contribution in [0.15, 0.2) is 167 Å². The Hall–Kier alpha value is -11.1. The summed E-state index contributed by atoms with van der Waals surface area (Å²) in [5.74, 6) is -0.542. The Morgan fingerprint density at radius 2 is 1.11 bits per heavy atom. The summed E-state index contributed by atoms with van der Waals surface area (Å²) in [4.78, 5) is 95.1. The van der Waals surface area contributed by atoms with Crippen molar-refractivity contribution in [3.63, 3.8) is 0 Å². The van der Waals surface area contributed by atoms with Gasteiger partial charge in [0, 0.05) is 41.3 Å². The molecule has 31 heteroatoms. The first-order valence-electron chi connectivity index (χ1n) is 29.1. The van der Waals surface area contributed by atoms with Crippen molar-refractivity contribution in [2.24, 2.45) is 0 Å². The number of esters is 1. The van der Waals surface area contributed by atoms with Crippen LogP contribution in [-0.2, 0) is 24.8 Å². The van der Waals surface area contributed by atoms with Crippen LogP contribution in [0.3, 0.4) is 0 Å². The van der Waals surface area contributed by atoms with E-state index in [1.165, 1.54) is 79.7 Å². The number of hydrogen-bond donors (Lipinski definition) is 7. The highest BCUT2D eigenvalue weighted by molar-refractivity contribution is 7.92. The predicted molar refractivity (Wildman–Crippen MR) is 358 cm³/mol. The lowest BCUT2D eigenvalue weighted by Crippen LogP contribution is -2.50. The number of pyridine rings is 2. The molecule has 11 aromatic rings. The Morgan fingerprint density at radius 3 is 1.62 bits per heavy atom. The number of carbonyl (C=O) groups is 1. The van der Waals surface area contributed by atoms with Gasteiger partial charge in [0.05, 0.1) is 44.1 Å². The second-order valence-electron chi connectivity index (χ2n) is 22.5. The van der Waals surface area contributed by atoms with Crippen LogP contribution in [0.5, 0.6) is 17.5 Å². The van der Waals surface area contributed by atoms with Crippen LogP contribution in [0.2, 0.25) is 0 Å². The summed E-state index contributed by atoms with van der Waals surface area (Å²) < 4.78 is 61.7. The molecule has 11 rings (SSSR count). The molecule has 7 N–H and O–H groups in total. The van der Waals surface area contributed by atoms with E-state index in [-0.39, 0.29) is 70.2 Å². The molecule has 3 aromatic carbocycles. The number of para-hydroxylation sites is 1. The number of fused-ring (bicyclic) bond motifs is 2.